The Morgan fingerprint density at radius 2 is 1.77 bits per heavy atom. The molecule has 3 N–H and O–H groups in total. The molecule has 0 spiro atoms. The Balaban J connectivity index is 1.34. The molecule has 3 heterocycles. The number of rotatable bonds is 6. The Morgan fingerprint density at radius 3 is 2.51 bits per heavy atom. The second-order valence-corrected chi connectivity index (χ2v) is 9.29. The molecule has 1 atom stereocenters. The molecule has 1 saturated carbocycles. The number of ether oxygens (including phenoxy) is 2. The zero-order chi connectivity index (χ0) is 23.9. The van der Waals surface area contributed by atoms with Crippen molar-refractivity contribution in [2.24, 2.45) is 5.92 Å². The number of fused-ring (bicyclic) bond motifs is 2. The fourth-order valence-electron chi connectivity index (χ4n) is 4.18. The third kappa shape index (κ3) is 4.22. The maximum absolute atomic E-state index is 12.3. The lowest BCUT2D eigenvalue weighted by Crippen LogP contribution is -2.20. The monoisotopic (exact) mass is 490 g/mol. The number of carbonyl (C=O) groups is 1. The van der Waals surface area contributed by atoms with Gasteiger partial charge < -0.3 is 19.8 Å². The molecular weight excluding hydrogens is 468 g/mol. The van der Waals surface area contributed by atoms with Crippen LogP contribution in [0.3, 0.4) is 0 Å². The largest absolute Gasteiger partial charge is 0.486 e. The number of benzene rings is 2. The Morgan fingerprint density at radius 1 is 1.03 bits per heavy atom. The summed E-state index contributed by atoms with van der Waals surface area (Å²) in [5.74, 6) is 1.70. The van der Waals surface area contributed by atoms with Crippen molar-refractivity contribution in [2.45, 2.75) is 12.8 Å². The molecule has 0 saturated heterocycles. The van der Waals surface area contributed by atoms with Gasteiger partial charge in [-0.05, 0) is 60.4 Å². The molecule has 2 aliphatic rings. The summed E-state index contributed by atoms with van der Waals surface area (Å²) >= 11 is -2.31. The van der Waals surface area contributed by atoms with Crippen LogP contribution in [0, 0.1) is 5.92 Å². The third-order valence-electron chi connectivity index (χ3n) is 6.06. The van der Waals surface area contributed by atoms with Crippen LogP contribution in [0.5, 0.6) is 11.5 Å². The molecule has 10 heteroatoms. The van der Waals surface area contributed by atoms with Crippen molar-refractivity contribution in [1.29, 1.82) is 0 Å². The topological polar surface area (TPSA) is 117 Å². The van der Waals surface area contributed by atoms with Crippen molar-refractivity contribution >= 4 is 45.4 Å². The van der Waals surface area contributed by atoms with E-state index in [-0.39, 0.29) is 11.8 Å². The Hall–Kier alpha value is -3.89. The maximum atomic E-state index is 12.3. The maximum Gasteiger partial charge on any atom is 0.266 e. The van der Waals surface area contributed by atoms with E-state index in [2.05, 4.69) is 15.3 Å². The summed E-state index contributed by atoms with van der Waals surface area (Å²) < 4.78 is 34.8. The summed E-state index contributed by atoms with van der Waals surface area (Å²) in [4.78, 5) is 19.9. The van der Waals surface area contributed by atoms with E-state index in [0.29, 0.717) is 47.6 Å². The minimum absolute atomic E-state index is 0.00907. The quantitative estimate of drug-likeness (QED) is 0.340. The second-order valence-electron chi connectivity index (χ2n) is 8.46. The number of carbonyl (C=O) groups excluding carboxylic acids is 1. The van der Waals surface area contributed by atoms with Crippen LogP contribution in [-0.4, -0.2) is 37.9 Å². The van der Waals surface area contributed by atoms with E-state index in [0.717, 1.165) is 29.4 Å². The first-order chi connectivity index (χ1) is 17.1. The number of aromatic amines is 1. The summed E-state index contributed by atoms with van der Waals surface area (Å²) in [5.41, 5.74) is 3.49. The van der Waals surface area contributed by atoms with E-state index in [9.17, 15) is 13.6 Å². The van der Waals surface area contributed by atoms with Gasteiger partial charge in [0, 0.05) is 23.6 Å². The fourth-order valence-corrected chi connectivity index (χ4v) is 4.77. The van der Waals surface area contributed by atoms with E-state index in [4.69, 9.17) is 9.47 Å². The first-order valence-electron chi connectivity index (χ1n) is 11.3. The van der Waals surface area contributed by atoms with Gasteiger partial charge in [0.05, 0.1) is 11.4 Å². The Bertz CT molecular complexity index is 1450. The number of pyridine rings is 1. The molecule has 35 heavy (non-hydrogen) atoms. The molecule has 1 unspecified atom stereocenters. The molecule has 9 nitrogen and oxygen atoms in total. The zero-order valence-corrected chi connectivity index (χ0v) is 19.4. The number of hydrogen-bond donors (Lipinski definition) is 3. The molecule has 1 aliphatic carbocycles. The van der Waals surface area contributed by atoms with Crippen molar-refractivity contribution in [3.05, 3.63) is 60.8 Å². The number of hydrogen-bond acceptors (Lipinski definition) is 5. The van der Waals surface area contributed by atoms with Crippen molar-refractivity contribution in [2.75, 3.05) is 22.8 Å². The van der Waals surface area contributed by atoms with Gasteiger partial charge in [-0.15, -0.1) is 0 Å². The number of nitrogens with one attached hydrogen (secondary N) is 2. The molecule has 0 bridgehead atoms. The smallest absolute Gasteiger partial charge is 0.266 e. The highest BCUT2D eigenvalue weighted by Gasteiger charge is 2.30. The Labute approximate surface area is 203 Å². The molecule has 1 amide bonds. The molecule has 178 valence electrons. The summed E-state index contributed by atoms with van der Waals surface area (Å²) in [7, 11) is 0. The molecule has 4 aromatic rings. The first-order valence-corrected chi connectivity index (χ1v) is 12.3. The normalized spacial score (nSPS) is 15.6. The zero-order valence-electron chi connectivity index (χ0n) is 18.6. The van der Waals surface area contributed by atoms with E-state index in [1.807, 2.05) is 24.3 Å². The van der Waals surface area contributed by atoms with Crippen LogP contribution in [0.25, 0.3) is 22.2 Å². The van der Waals surface area contributed by atoms with Crippen LogP contribution < -0.4 is 19.1 Å². The molecule has 6 rings (SSSR count). The van der Waals surface area contributed by atoms with E-state index >= 15 is 0 Å². The fraction of sp³-hybridized carbons (Fsp3) is 0.200. The van der Waals surface area contributed by atoms with Gasteiger partial charge in [0.2, 0.25) is 5.91 Å². The van der Waals surface area contributed by atoms with Crippen molar-refractivity contribution in [1.82, 2.24) is 9.97 Å². The lowest BCUT2D eigenvalue weighted by atomic mass is 10.0. The van der Waals surface area contributed by atoms with E-state index < -0.39 is 11.3 Å². The number of nitrogens with zero attached hydrogens (tertiary/aromatic N) is 2. The number of anilines is 3. The minimum atomic E-state index is -2.31. The van der Waals surface area contributed by atoms with E-state index in [1.54, 1.807) is 36.5 Å². The van der Waals surface area contributed by atoms with Crippen molar-refractivity contribution in [3.8, 4) is 22.6 Å². The van der Waals surface area contributed by atoms with Gasteiger partial charge in [-0.25, -0.2) is 13.5 Å². The standard InChI is InChI=1S/C25H22N4O5S/c30-25(16-1-2-16)28-23-14-20(19-9-10-26-24(19)27-23)15-3-5-17(6-4-15)29(35(31)32)18-7-8-21-22(13-18)34-12-11-33-21/h3-10,13-14,16H,1-2,11-12H2,(H,31,32)(H2,26,27,28,30). The average molecular weight is 491 g/mol. The van der Waals surface area contributed by atoms with E-state index in [1.165, 1.54) is 4.31 Å². The first kappa shape index (κ1) is 21.6. The van der Waals surface area contributed by atoms with Gasteiger partial charge in [-0.1, -0.05) is 12.1 Å². The van der Waals surface area contributed by atoms with Gasteiger partial charge in [0.25, 0.3) is 11.3 Å². The van der Waals surface area contributed by atoms with Crippen molar-refractivity contribution in [3.63, 3.8) is 0 Å². The third-order valence-corrected chi connectivity index (χ3v) is 6.79. The molecule has 1 fully saturated rings. The van der Waals surface area contributed by atoms with Crippen LogP contribution >= 0.6 is 0 Å². The summed E-state index contributed by atoms with van der Waals surface area (Å²) in [5, 5.41) is 3.83. The van der Waals surface area contributed by atoms with Gasteiger partial charge in [-0.2, -0.15) is 0 Å². The summed E-state index contributed by atoms with van der Waals surface area (Å²) in [6.07, 6.45) is 3.63. The highest BCUT2D eigenvalue weighted by Crippen LogP contribution is 2.38. The minimum Gasteiger partial charge on any atom is -0.486 e. The van der Waals surface area contributed by atoms with Gasteiger partial charge in [0.1, 0.15) is 24.7 Å². The number of H-pyrrole nitrogens is 1. The summed E-state index contributed by atoms with van der Waals surface area (Å²) in [6.45, 7) is 0.898. The highest BCUT2D eigenvalue weighted by atomic mass is 32.2. The molecule has 1 aliphatic heterocycles. The SMILES string of the molecule is O=C(Nc1cc(-c2ccc(N(c3ccc4c(c3)OCCO4)S(=O)O)cc2)c2cc[nH]c2n1)C1CC1. The number of amides is 1. The van der Waals surface area contributed by atoms with Crippen molar-refractivity contribution < 1.29 is 23.0 Å². The van der Waals surface area contributed by atoms with Crippen LogP contribution in [-0.2, 0) is 16.1 Å². The predicted octanol–water partition coefficient (Wildman–Crippen LogP) is 4.62. The van der Waals surface area contributed by atoms with Gasteiger partial charge in [-0.3, -0.25) is 9.35 Å². The molecule has 2 aromatic carbocycles. The van der Waals surface area contributed by atoms with Gasteiger partial charge in [0.15, 0.2) is 11.5 Å². The average Bonchev–Trinajstić information content (AvgIpc) is 3.62. The Kier molecular flexibility index (Phi) is 5.39. The number of aromatic nitrogens is 2. The lowest BCUT2D eigenvalue weighted by molar-refractivity contribution is -0.117. The van der Waals surface area contributed by atoms with Crippen LogP contribution in [0.15, 0.2) is 60.8 Å². The molecule has 2 aromatic heterocycles. The lowest BCUT2D eigenvalue weighted by Gasteiger charge is -2.24. The molecular formula is C25H22N4O5S. The van der Waals surface area contributed by atoms with Crippen LogP contribution in [0.1, 0.15) is 12.8 Å². The van der Waals surface area contributed by atoms with Crippen LogP contribution in [0.2, 0.25) is 0 Å². The molecule has 0 radical (unpaired) electrons. The van der Waals surface area contributed by atoms with Crippen LogP contribution in [0.4, 0.5) is 17.2 Å². The summed E-state index contributed by atoms with van der Waals surface area (Å²) in [6, 6.07) is 16.2. The second kappa shape index (κ2) is 8.71. The highest BCUT2D eigenvalue weighted by molar-refractivity contribution is 7.81. The van der Waals surface area contributed by atoms with Gasteiger partial charge >= 0.3 is 0 Å². The predicted molar refractivity (Wildman–Crippen MR) is 133 cm³/mol.